The number of benzene rings is 1. The van der Waals surface area contributed by atoms with Gasteiger partial charge >= 0.3 is 0 Å². The van der Waals surface area contributed by atoms with E-state index in [1.807, 2.05) is 0 Å². The number of unbranched alkanes of at least 4 members (excludes halogenated alkanes) is 1. The molecule has 0 atom stereocenters. The maximum atomic E-state index is 5.95. The highest BCUT2D eigenvalue weighted by Gasteiger charge is 1.99. The van der Waals surface area contributed by atoms with Crippen LogP contribution in [0.1, 0.15) is 12.8 Å². The highest BCUT2D eigenvalue weighted by atomic mass is 35.5. The zero-order valence-corrected chi connectivity index (χ0v) is 9.20. The molecule has 1 nitrogen and oxygen atoms in total. The second kappa shape index (κ2) is 5.80. The summed E-state index contributed by atoms with van der Waals surface area (Å²) in [4.78, 5) is 0. The number of anilines is 1. The van der Waals surface area contributed by atoms with Crippen LogP contribution in [0.3, 0.4) is 0 Å². The SMILES string of the molecule is C#CCCCNc1cc(Cl)ccc1Cl. The molecule has 0 saturated carbocycles. The summed E-state index contributed by atoms with van der Waals surface area (Å²) in [5.74, 6) is 2.58. The molecule has 0 spiro atoms. The lowest BCUT2D eigenvalue weighted by molar-refractivity contribution is 0.907. The van der Waals surface area contributed by atoms with Gasteiger partial charge in [-0.05, 0) is 24.6 Å². The minimum Gasteiger partial charge on any atom is -0.384 e. The first-order valence-corrected chi connectivity index (χ1v) is 5.12. The number of rotatable bonds is 4. The fourth-order valence-electron chi connectivity index (χ4n) is 1.05. The van der Waals surface area contributed by atoms with Crippen LogP contribution >= 0.6 is 23.2 Å². The number of hydrogen-bond donors (Lipinski definition) is 1. The molecule has 0 unspecified atom stereocenters. The van der Waals surface area contributed by atoms with Gasteiger partial charge in [0.25, 0.3) is 0 Å². The largest absolute Gasteiger partial charge is 0.384 e. The molecule has 74 valence electrons. The predicted octanol–water partition coefficient (Wildman–Crippen LogP) is 3.82. The molecule has 14 heavy (non-hydrogen) atoms. The first kappa shape index (κ1) is 11.2. The predicted molar refractivity (Wildman–Crippen MR) is 63.0 cm³/mol. The van der Waals surface area contributed by atoms with Crippen LogP contribution in [0.15, 0.2) is 18.2 Å². The average Bonchev–Trinajstić information content (AvgIpc) is 2.18. The van der Waals surface area contributed by atoms with Crippen molar-refractivity contribution in [3.63, 3.8) is 0 Å². The van der Waals surface area contributed by atoms with Gasteiger partial charge in [-0.1, -0.05) is 23.2 Å². The van der Waals surface area contributed by atoms with Crippen LogP contribution in [-0.4, -0.2) is 6.54 Å². The third kappa shape index (κ3) is 3.49. The summed E-state index contributed by atoms with van der Waals surface area (Å²) in [6.07, 6.45) is 6.84. The molecular formula is C11H11Cl2N. The minimum absolute atomic E-state index is 0.675. The van der Waals surface area contributed by atoms with Crippen molar-refractivity contribution >= 4 is 28.9 Å². The van der Waals surface area contributed by atoms with Gasteiger partial charge in [0.2, 0.25) is 0 Å². The molecule has 0 aromatic heterocycles. The van der Waals surface area contributed by atoms with Crippen LogP contribution in [-0.2, 0) is 0 Å². The van der Waals surface area contributed by atoms with Crippen molar-refractivity contribution in [1.82, 2.24) is 0 Å². The van der Waals surface area contributed by atoms with E-state index in [9.17, 15) is 0 Å². The van der Waals surface area contributed by atoms with Crippen molar-refractivity contribution in [1.29, 1.82) is 0 Å². The van der Waals surface area contributed by atoms with Gasteiger partial charge in [0.05, 0.1) is 10.7 Å². The summed E-state index contributed by atoms with van der Waals surface area (Å²) < 4.78 is 0. The molecule has 0 amide bonds. The van der Waals surface area contributed by atoms with Crippen LogP contribution in [0.5, 0.6) is 0 Å². The first-order chi connectivity index (χ1) is 6.74. The van der Waals surface area contributed by atoms with Crippen LogP contribution in [0.25, 0.3) is 0 Å². The van der Waals surface area contributed by atoms with Gasteiger partial charge in [0.1, 0.15) is 0 Å². The normalized spacial score (nSPS) is 9.50. The van der Waals surface area contributed by atoms with Crippen molar-refractivity contribution in [2.75, 3.05) is 11.9 Å². The first-order valence-electron chi connectivity index (χ1n) is 4.36. The van der Waals surface area contributed by atoms with Gasteiger partial charge in [-0.3, -0.25) is 0 Å². The Balaban J connectivity index is 2.50. The molecule has 1 rings (SSSR count). The number of halogens is 2. The maximum Gasteiger partial charge on any atom is 0.0638 e. The fraction of sp³-hybridized carbons (Fsp3) is 0.273. The standard InChI is InChI=1S/C11H11Cl2N/c1-2-3-4-7-14-11-8-9(12)5-6-10(11)13/h1,5-6,8,14H,3-4,7H2. The second-order valence-electron chi connectivity index (χ2n) is 2.86. The Bertz CT molecular complexity index is 342. The molecule has 1 N–H and O–H groups in total. The molecule has 0 aliphatic rings. The quantitative estimate of drug-likeness (QED) is 0.610. The Morgan fingerprint density at radius 2 is 2.14 bits per heavy atom. The van der Waals surface area contributed by atoms with Gasteiger partial charge < -0.3 is 5.32 Å². The van der Waals surface area contributed by atoms with E-state index >= 15 is 0 Å². The topological polar surface area (TPSA) is 12.0 Å². The Morgan fingerprint density at radius 3 is 2.86 bits per heavy atom. The lowest BCUT2D eigenvalue weighted by Crippen LogP contribution is -2.01. The molecule has 0 heterocycles. The van der Waals surface area contributed by atoms with E-state index in [0.29, 0.717) is 10.0 Å². The maximum absolute atomic E-state index is 5.95. The molecule has 1 aromatic rings. The highest BCUT2D eigenvalue weighted by molar-refractivity contribution is 6.35. The average molecular weight is 228 g/mol. The molecule has 3 heteroatoms. The zero-order valence-electron chi connectivity index (χ0n) is 7.69. The van der Waals surface area contributed by atoms with Crippen molar-refractivity contribution < 1.29 is 0 Å². The summed E-state index contributed by atoms with van der Waals surface area (Å²) in [5.41, 5.74) is 0.858. The van der Waals surface area contributed by atoms with Crippen LogP contribution in [0.2, 0.25) is 10.0 Å². The van der Waals surface area contributed by atoms with Gasteiger partial charge in [-0.2, -0.15) is 0 Å². The monoisotopic (exact) mass is 227 g/mol. The van der Waals surface area contributed by atoms with Crippen molar-refractivity contribution in [2.24, 2.45) is 0 Å². The van der Waals surface area contributed by atoms with Crippen molar-refractivity contribution in [2.45, 2.75) is 12.8 Å². The highest BCUT2D eigenvalue weighted by Crippen LogP contribution is 2.25. The van der Waals surface area contributed by atoms with Crippen LogP contribution in [0, 0.1) is 12.3 Å². The molecule has 0 bridgehead atoms. The van der Waals surface area contributed by atoms with Gasteiger partial charge in [0.15, 0.2) is 0 Å². The van der Waals surface area contributed by atoms with Gasteiger partial charge in [0, 0.05) is 18.0 Å². The second-order valence-corrected chi connectivity index (χ2v) is 3.70. The lowest BCUT2D eigenvalue weighted by atomic mass is 10.3. The van der Waals surface area contributed by atoms with E-state index < -0.39 is 0 Å². The third-order valence-electron chi connectivity index (χ3n) is 1.74. The molecular weight excluding hydrogens is 217 g/mol. The van der Waals surface area contributed by atoms with E-state index in [-0.39, 0.29) is 0 Å². The summed E-state index contributed by atoms with van der Waals surface area (Å²) in [7, 11) is 0. The summed E-state index contributed by atoms with van der Waals surface area (Å²) in [6.45, 7) is 0.810. The van der Waals surface area contributed by atoms with Gasteiger partial charge in [-0.25, -0.2) is 0 Å². The van der Waals surface area contributed by atoms with Gasteiger partial charge in [-0.15, -0.1) is 12.3 Å². The van der Waals surface area contributed by atoms with E-state index in [2.05, 4.69) is 11.2 Å². The summed E-state index contributed by atoms with van der Waals surface area (Å²) in [5, 5.41) is 4.53. The lowest BCUT2D eigenvalue weighted by Gasteiger charge is -2.07. The summed E-state index contributed by atoms with van der Waals surface area (Å²) >= 11 is 11.8. The summed E-state index contributed by atoms with van der Waals surface area (Å²) in [6, 6.07) is 5.34. The van der Waals surface area contributed by atoms with E-state index in [1.54, 1.807) is 18.2 Å². The Kier molecular flexibility index (Phi) is 4.65. The Morgan fingerprint density at radius 1 is 1.36 bits per heavy atom. The molecule has 1 aromatic carbocycles. The molecule has 0 fully saturated rings. The van der Waals surface area contributed by atoms with Crippen LogP contribution in [0.4, 0.5) is 5.69 Å². The van der Waals surface area contributed by atoms with E-state index in [1.165, 1.54) is 0 Å². The van der Waals surface area contributed by atoms with Crippen LogP contribution < -0.4 is 5.32 Å². The van der Waals surface area contributed by atoms with E-state index in [4.69, 9.17) is 29.6 Å². The number of hydrogen-bond acceptors (Lipinski definition) is 1. The van der Waals surface area contributed by atoms with Crippen molar-refractivity contribution in [3.05, 3.63) is 28.2 Å². The smallest absolute Gasteiger partial charge is 0.0638 e. The fourth-order valence-corrected chi connectivity index (χ4v) is 1.40. The number of nitrogens with one attached hydrogen (secondary N) is 1. The Hall–Kier alpha value is -0.840. The third-order valence-corrected chi connectivity index (χ3v) is 2.31. The molecule has 0 saturated heterocycles. The molecule has 0 aliphatic carbocycles. The molecule has 0 aliphatic heterocycles. The molecule has 0 radical (unpaired) electrons. The number of terminal acetylenes is 1. The zero-order chi connectivity index (χ0) is 10.4. The van der Waals surface area contributed by atoms with E-state index in [0.717, 1.165) is 25.1 Å². The minimum atomic E-state index is 0.675. The van der Waals surface area contributed by atoms with Crippen molar-refractivity contribution in [3.8, 4) is 12.3 Å². The Labute approximate surface area is 94.4 Å².